The minimum atomic E-state index is 0.00561. The predicted octanol–water partition coefficient (Wildman–Crippen LogP) is 5.00. The summed E-state index contributed by atoms with van der Waals surface area (Å²) in [6.45, 7) is 2.21. The molecule has 0 saturated carbocycles. The highest BCUT2D eigenvalue weighted by Crippen LogP contribution is 2.24. The van der Waals surface area contributed by atoms with Crippen molar-refractivity contribution in [1.82, 2.24) is 0 Å². The number of halogens is 1. The molecule has 4 heteroatoms. The Kier molecular flexibility index (Phi) is 8.12. The van der Waals surface area contributed by atoms with Gasteiger partial charge in [0.2, 0.25) is 5.91 Å². The van der Waals surface area contributed by atoms with Gasteiger partial charge in [-0.15, -0.1) is 0 Å². The maximum Gasteiger partial charge on any atom is 0.224 e. The summed E-state index contributed by atoms with van der Waals surface area (Å²) in [4.78, 5) is 11.8. The molecule has 0 atom stereocenters. The maximum absolute atomic E-state index is 11.8. The van der Waals surface area contributed by atoms with Crippen LogP contribution in [0.1, 0.15) is 58.3 Å². The van der Waals surface area contributed by atoms with Crippen LogP contribution in [0.4, 0.5) is 11.4 Å². The van der Waals surface area contributed by atoms with E-state index in [9.17, 15) is 4.79 Å². The lowest BCUT2D eigenvalue weighted by Gasteiger charge is -2.08. The molecule has 0 aliphatic heterocycles. The molecule has 0 spiro atoms. The molecule has 0 bridgehead atoms. The zero-order chi connectivity index (χ0) is 14.8. The number of anilines is 2. The van der Waals surface area contributed by atoms with Gasteiger partial charge in [-0.2, -0.15) is 0 Å². The fourth-order valence-corrected chi connectivity index (χ4v) is 2.26. The van der Waals surface area contributed by atoms with Crippen molar-refractivity contribution in [2.24, 2.45) is 0 Å². The van der Waals surface area contributed by atoms with Crippen LogP contribution >= 0.6 is 11.6 Å². The molecule has 1 aromatic rings. The van der Waals surface area contributed by atoms with Crippen molar-refractivity contribution in [3.63, 3.8) is 0 Å². The van der Waals surface area contributed by atoms with Gasteiger partial charge in [-0.05, 0) is 24.6 Å². The largest absolute Gasteiger partial charge is 0.399 e. The van der Waals surface area contributed by atoms with Gasteiger partial charge in [0.25, 0.3) is 0 Å². The number of carbonyl (C=O) groups excluding carboxylic acids is 1. The first kappa shape index (κ1) is 16.8. The van der Waals surface area contributed by atoms with Crippen molar-refractivity contribution in [3.8, 4) is 0 Å². The van der Waals surface area contributed by atoms with Gasteiger partial charge in [-0.25, -0.2) is 0 Å². The summed E-state index contributed by atoms with van der Waals surface area (Å²) in [5, 5.41) is 3.33. The minimum Gasteiger partial charge on any atom is -0.399 e. The van der Waals surface area contributed by atoms with E-state index >= 15 is 0 Å². The molecule has 0 aromatic heterocycles. The number of unbranched alkanes of at least 4 members (excludes halogenated alkanes) is 6. The molecule has 0 fully saturated rings. The van der Waals surface area contributed by atoms with Crippen LogP contribution in [-0.4, -0.2) is 5.91 Å². The first-order valence-electron chi connectivity index (χ1n) is 7.48. The van der Waals surface area contributed by atoms with Crippen molar-refractivity contribution < 1.29 is 4.79 Å². The number of hydrogen-bond donors (Lipinski definition) is 2. The van der Waals surface area contributed by atoms with Crippen molar-refractivity contribution in [2.75, 3.05) is 11.1 Å². The molecule has 0 saturated heterocycles. The summed E-state index contributed by atoms with van der Waals surface area (Å²) in [6, 6.07) is 5.10. The molecule has 0 aliphatic carbocycles. The molecule has 0 radical (unpaired) electrons. The standard InChI is InChI=1S/C16H25ClN2O/c1-2-3-4-5-6-7-8-9-16(20)19-15-12-13(18)10-11-14(15)17/h10-12H,2-9,18H2,1H3,(H,19,20). The summed E-state index contributed by atoms with van der Waals surface area (Å²) in [7, 11) is 0. The van der Waals surface area contributed by atoms with Gasteiger partial charge in [-0.1, -0.05) is 57.0 Å². The van der Waals surface area contributed by atoms with E-state index in [1.54, 1.807) is 18.2 Å². The molecule has 0 aliphatic rings. The average molecular weight is 297 g/mol. The number of amides is 1. The molecule has 0 unspecified atom stereocenters. The second-order valence-electron chi connectivity index (χ2n) is 5.16. The molecule has 3 N–H and O–H groups in total. The third-order valence-electron chi connectivity index (χ3n) is 3.27. The van der Waals surface area contributed by atoms with Gasteiger partial charge < -0.3 is 11.1 Å². The van der Waals surface area contributed by atoms with Crippen LogP contribution in [0.25, 0.3) is 0 Å². The van der Waals surface area contributed by atoms with E-state index in [4.69, 9.17) is 17.3 Å². The highest BCUT2D eigenvalue weighted by Gasteiger charge is 2.06. The van der Waals surface area contributed by atoms with Gasteiger partial charge >= 0.3 is 0 Å². The Bertz CT molecular complexity index is 421. The Balaban J connectivity index is 2.19. The highest BCUT2D eigenvalue weighted by atomic mass is 35.5. The molecule has 1 aromatic carbocycles. The van der Waals surface area contributed by atoms with Crippen LogP contribution in [0.15, 0.2) is 18.2 Å². The Hall–Kier alpha value is -1.22. The van der Waals surface area contributed by atoms with E-state index in [1.807, 2.05) is 0 Å². The van der Waals surface area contributed by atoms with Gasteiger partial charge in [0.1, 0.15) is 0 Å². The highest BCUT2D eigenvalue weighted by molar-refractivity contribution is 6.33. The van der Waals surface area contributed by atoms with Gasteiger partial charge in [0.15, 0.2) is 0 Å². The number of nitrogens with one attached hydrogen (secondary N) is 1. The average Bonchev–Trinajstić information content (AvgIpc) is 2.42. The minimum absolute atomic E-state index is 0.00561. The number of nitrogen functional groups attached to an aromatic ring is 1. The van der Waals surface area contributed by atoms with Gasteiger partial charge in [0, 0.05) is 12.1 Å². The lowest BCUT2D eigenvalue weighted by Crippen LogP contribution is -2.11. The normalized spacial score (nSPS) is 10.5. The number of carbonyl (C=O) groups is 1. The zero-order valence-corrected chi connectivity index (χ0v) is 13.0. The Labute approximate surface area is 126 Å². The first-order chi connectivity index (χ1) is 9.63. The quantitative estimate of drug-likeness (QED) is 0.497. The molecule has 3 nitrogen and oxygen atoms in total. The molecule has 0 heterocycles. The second-order valence-corrected chi connectivity index (χ2v) is 5.57. The summed E-state index contributed by atoms with van der Waals surface area (Å²) in [5.74, 6) is 0.00561. The Morgan fingerprint density at radius 3 is 2.50 bits per heavy atom. The second kappa shape index (κ2) is 9.65. The van der Waals surface area contributed by atoms with Crippen molar-refractivity contribution in [1.29, 1.82) is 0 Å². The molecular weight excluding hydrogens is 272 g/mol. The lowest BCUT2D eigenvalue weighted by molar-refractivity contribution is -0.116. The van der Waals surface area contributed by atoms with E-state index in [2.05, 4.69) is 12.2 Å². The number of benzene rings is 1. The monoisotopic (exact) mass is 296 g/mol. The topological polar surface area (TPSA) is 55.1 Å². The number of rotatable bonds is 9. The van der Waals surface area contributed by atoms with E-state index < -0.39 is 0 Å². The summed E-state index contributed by atoms with van der Waals surface area (Å²) >= 11 is 6.00. The maximum atomic E-state index is 11.8. The number of hydrogen-bond acceptors (Lipinski definition) is 2. The predicted molar refractivity (Wildman–Crippen MR) is 87.1 cm³/mol. The van der Waals surface area contributed by atoms with Crippen molar-refractivity contribution in [2.45, 2.75) is 58.3 Å². The first-order valence-corrected chi connectivity index (χ1v) is 7.86. The third kappa shape index (κ3) is 6.80. The molecule has 112 valence electrons. The van der Waals surface area contributed by atoms with Gasteiger partial charge in [-0.3, -0.25) is 4.79 Å². The van der Waals surface area contributed by atoms with Crippen molar-refractivity contribution >= 4 is 28.9 Å². The Morgan fingerprint density at radius 2 is 1.80 bits per heavy atom. The van der Waals surface area contributed by atoms with Crippen LogP contribution in [0.3, 0.4) is 0 Å². The SMILES string of the molecule is CCCCCCCCCC(=O)Nc1cc(N)ccc1Cl. The molecular formula is C16H25ClN2O. The van der Waals surface area contributed by atoms with Crippen LogP contribution < -0.4 is 11.1 Å². The van der Waals surface area contributed by atoms with Crippen molar-refractivity contribution in [3.05, 3.63) is 23.2 Å². The van der Waals surface area contributed by atoms with Gasteiger partial charge in [0.05, 0.1) is 10.7 Å². The third-order valence-corrected chi connectivity index (χ3v) is 3.60. The van der Waals surface area contributed by atoms with E-state index in [0.29, 0.717) is 22.8 Å². The van der Waals surface area contributed by atoms with E-state index in [1.165, 1.54) is 32.1 Å². The number of nitrogens with two attached hydrogens (primary N) is 1. The van der Waals surface area contributed by atoms with E-state index in [-0.39, 0.29) is 5.91 Å². The van der Waals surface area contributed by atoms with Crippen LogP contribution in [0.2, 0.25) is 5.02 Å². The zero-order valence-electron chi connectivity index (χ0n) is 12.3. The summed E-state index contributed by atoms with van der Waals surface area (Å²) in [5.41, 5.74) is 6.87. The lowest BCUT2D eigenvalue weighted by atomic mass is 10.1. The fourth-order valence-electron chi connectivity index (χ4n) is 2.09. The Morgan fingerprint density at radius 1 is 1.15 bits per heavy atom. The van der Waals surface area contributed by atoms with Crippen LogP contribution in [0.5, 0.6) is 0 Å². The van der Waals surface area contributed by atoms with Crippen LogP contribution in [-0.2, 0) is 4.79 Å². The summed E-state index contributed by atoms with van der Waals surface area (Å²) < 4.78 is 0. The molecule has 1 rings (SSSR count). The molecule has 20 heavy (non-hydrogen) atoms. The van der Waals surface area contributed by atoms with Crippen LogP contribution in [0, 0.1) is 0 Å². The summed E-state index contributed by atoms with van der Waals surface area (Å²) in [6.07, 6.45) is 8.96. The molecule has 1 amide bonds. The smallest absolute Gasteiger partial charge is 0.224 e. The fraction of sp³-hybridized carbons (Fsp3) is 0.562. The van der Waals surface area contributed by atoms with E-state index in [0.717, 1.165) is 12.8 Å².